The van der Waals surface area contributed by atoms with Crippen molar-refractivity contribution in [1.82, 2.24) is 9.78 Å². The molecule has 0 aliphatic heterocycles. The lowest BCUT2D eigenvalue weighted by Crippen LogP contribution is -2.05. The molecule has 2 nitrogen and oxygen atoms in total. The van der Waals surface area contributed by atoms with E-state index < -0.39 is 0 Å². The molecule has 1 unspecified atom stereocenters. The van der Waals surface area contributed by atoms with Gasteiger partial charge >= 0.3 is 0 Å². The predicted molar refractivity (Wildman–Crippen MR) is 64.0 cm³/mol. The first-order valence-electron chi connectivity index (χ1n) is 5.34. The molecule has 1 rings (SSSR count). The van der Waals surface area contributed by atoms with E-state index in [9.17, 15) is 0 Å². The van der Waals surface area contributed by atoms with Crippen LogP contribution in [0, 0.1) is 6.92 Å². The predicted octanol–water partition coefficient (Wildman–Crippen LogP) is 3.32. The van der Waals surface area contributed by atoms with Crippen molar-refractivity contribution in [3.05, 3.63) is 17.5 Å². The first-order valence-corrected chi connectivity index (χ1v) is 6.26. The van der Waals surface area contributed by atoms with E-state index in [4.69, 9.17) is 0 Å². The summed E-state index contributed by atoms with van der Waals surface area (Å²) in [6, 6.07) is 2.19. The fraction of sp³-hybridized carbons (Fsp3) is 0.727. The molecule has 0 aliphatic carbocycles. The van der Waals surface area contributed by atoms with Gasteiger partial charge in [0.05, 0.1) is 5.69 Å². The topological polar surface area (TPSA) is 17.8 Å². The molecule has 1 aromatic heterocycles. The Kier molecular flexibility index (Phi) is 4.66. The van der Waals surface area contributed by atoms with Gasteiger partial charge < -0.3 is 0 Å². The molecule has 1 aromatic rings. The summed E-state index contributed by atoms with van der Waals surface area (Å²) in [6.45, 7) is 7.38. The van der Waals surface area contributed by atoms with Crippen LogP contribution in [-0.4, -0.2) is 14.6 Å². The minimum atomic E-state index is 0.642. The van der Waals surface area contributed by atoms with Gasteiger partial charge in [-0.05, 0) is 39.2 Å². The van der Waals surface area contributed by atoms with Crippen LogP contribution in [0.15, 0.2) is 6.07 Å². The van der Waals surface area contributed by atoms with E-state index >= 15 is 0 Å². The first kappa shape index (κ1) is 11.8. The van der Waals surface area contributed by atoms with Crippen LogP contribution in [0.4, 0.5) is 0 Å². The third-order valence-electron chi connectivity index (χ3n) is 2.44. The zero-order chi connectivity index (χ0) is 10.6. The van der Waals surface area contributed by atoms with Gasteiger partial charge in [0.1, 0.15) is 0 Å². The summed E-state index contributed by atoms with van der Waals surface area (Å²) < 4.78 is 2.10. The quantitative estimate of drug-likeness (QED) is 0.742. The molecule has 0 amide bonds. The van der Waals surface area contributed by atoms with Gasteiger partial charge in [-0.25, -0.2) is 0 Å². The summed E-state index contributed by atoms with van der Waals surface area (Å²) in [5, 5.41) is 4.43. The fourth-order valence-electron chi connectivity index (χ4n) is 1.58. The molecule has 1 heterocycles. The summed E-state index contributed by atoms with van der Waals surface area (Å²) in [7, 11) is 0. The minimum Gasteiger partial charge on any atom is -0.270 e. The summed E-state index contributed by atoms with van der Waals surface area (Å²) in [5.41, 5.74) is 2.49. The Morgan fingerprint density at radius 1 is 1.50 bits per heavy atom. The van der Waals surface area contributed by atoms with E-state index in [1.807, 2.05) is 0 Å². The molecule has 0 aliphatic rings. The number of nitrogens with zero attached hydrogens (tertiary/aromatic N) is 2. The Morgan fingerprint density at radius 3 is 2.79 bits per heavy atom. The van der Waals surface area contributed by atoms with Gasteiger partial charge in [-0.1, -0.05) is 22.9 Å². The number of aryl methyl sites for hydroxylation is 3. The standard InChI is InChI=1S/C11H19BrN2/c1-4-10(12)6-7-11-8-9(3)13-14(11)5-2/h8,10H,4-7H2,1-3H3. The van der Waals surface area contributed by atoms with E-state index in [1.54, 1.807) is 0 Å². The van der Waals surface area contributed by atoms with E-state index in [-0.39, 0.29) is 0 Å². The maximum absolute atomic E-state index is 4.43. The molecule has 0 aromatic carbocycles. The molecule has 14 heavy (non-hydrogen) atoms. The summed E-state index contributed by atoms with van der Waals surface area (Å²) in [6.07, 6.45) is 3.51. The maximum Gasteiger partial charge on any atom is 0.0596 e. The average molecular weight is 259 g/mol. The van der Waals surface area contributed by atoms with Crippen molar-refractivity contribution in [2.45, 2.75) is 51.4 Å². The van der Waals surface area contributed by atoms with Gasteiger partial charge in [-0.3, -0.25) is 4.68 Å². The zero-order valence-corrected chi connectivity index (χ0v) is 10.8. The lowest BCUT2D eigenvalue weighted by atomic mass is 10.1. The molecule has 0 saturated heterocycles. The number of hydrogen-bond donors (Lipinski definition) is 0. The van der Waals surface area contributed by atoms with Crippen molar-refractivity contribution < 1.29 is 0 Å². The number of alkyl halides is 1. The van der Waals surface area contributed by atoms with Crippen molar-refractivity contribution in [2.24, 2.45) is 0 Å². The Morgan fingerprint density at radius 2 is 2.21 bits per heavy atom. The molecule has 80 valence electrons. The van der Waals surface area contributed by atoms with Crippen LogP contribution in [0.1, 0.15) is 38.1 Å². The number of halogens is 1. The van der Waals surface area contributed by atoms with Gasteiger partial charge in [-0.15, -0.1) is 0 Å². The Bertz CT molecular complexity index is 281. The lowest BCUT2D eigenvalue weighted by Gasteiger charge is -2.07. The highest BCUT2D eigenvalue weighted by atomic mass is 79.9. The molecule has 0 N–H and O–H groups in total. The summed E-state index contributed by atoms with van der Waals surface area (Å²) in [5.74, 6) is 0. The second-order valence-corrected chi connectivity index (χ2v) is 4.93. The number of hydrogen-bond acceptors (Lipinski definition) is 1. The molecule has 3 heteroatoms. The molecule has 0 saturated carbocycles. The SMILES string of the molecule is CCC(Br)CCc1cc(C)nn1CC. The van der Waals surface area contributed by atoms with Gasteiger partial charge in [0.25, 0.3) is 0 Å². The average Bonchev–Trinajstić information content (AvgIpc) is 2.55. The van der Waals surface area contributed by atoms with Gasteiger partial charge in [0, 0.05) is 17.1 Å². The van der Waals surface area contributed by atoms with E-state index in [1.165, 1.54) is 18.5 Å². The van der Waals surface area contributed by atoms with Crippen LogP contribution in [0.2, 0.25) is 0 Å². The molecule has 0 radical (unpaired) electrons. The first-order chi connectivity index (χ1) is 6.67. The Labute approximate surface area is 94.8 Å². The maximum atomic E-state index is 4.43. The third kappa shape index (κ3) is 3.12. The van der Waals surface area contributed by atoms with Crippen molar-refractivity contribution in [3.8, 4) is 0 Å². The zero-order valence-electron chi connectivity index (χ0n) is 9.26. The van der Waals surface area contributed by atoms with Crippen LogP contribution in [0.25, 0.3) is 0 Å². The third-order valence-corrected chi connectivity index (χ3v) is 3.55. The second-order valence-electron chi connectivity index (χ2n) is 3.64. The van der Waals surface area contributed by atoms with Crippen molar-refractivity contribution in [1.29, 1.82) is 0 Å². The van der Waals surface area contributed by atoms with E-state index in [2.05, 4.69) is 52.5 Å². The summed E-state index contributed by atoms with van der Waals surface area (Å²) in [4.78, 5) is 0.642. The number of rotatable bonds is 5. The second kappa shape index (κ2) is 5.54. The highest BCUT2D eigenvalue weighted by Gasteiger charge is 2.06. The molecular formula is C11H19BrN2. The summed E-state index contributed by atoms with van der Waals surface area (Å²) >= 11 is 3.66. The largest absolute Gasteiger partial charge is 0.270 e. The molecule has 0 bridgehead atoms. The molecular weight excluding hydrogens is 240 g/mol. The monoisotopic (exact) mass is 258 g/mol. The Hall–Kier alpha value is -0.310. The highest BCUT2D eigenvalue weighted by Crippen LogP contribution is 2.14. The highest BCUT2D eigenvalue weighted by molar-refractivity contribution is 9.09. The number of aromatic nitrogens is 2. The van der Waals surface area contributed by atoms with Crippen LogP contribution in [0.3, 0.4) is 0 Å². The molecule has 1 atom stereocenters. The van der Waals surface area contributed by atoms with E-state index in [0.717, 1.165) is 18.7 Å². The normalized spacial score (nSPS) is 13.1. The van der Waals surface area contributed by atoms with Gasteiger partial charge in [-0.2, -0.15) is 5.10 Å². The fourth-order valence-corrected chi connectivity index (χ4v) is 1.81. The lowest BCUT2D eigenvalue weighted by molar-refractivity contribution is 0.601. The van der Waals surface area contributed by atoms with Crippen LogP contribution in [-0.2, 0) is 13.0 Å². The van der Waals surface area contributed by atoms with Crippen molar-refractivity contribution in [2.75, 3.05) is 0 Å². The van der Waals surface area contributed by atoms with E-state index in [0.29, 0.717) is 4.83 Å². The van der Waals surface area contributed by atoms with Crippen LogP contribution >= 0.6 is 15.9 Å². The molecule has 0 fully saturated rings. The van der Waals surface area contributed by atoms with Gasteiger partial charge in [0.2, 0.25) is 0 Å². The van der Waals surface area contributed by atoms with Gasteiger partial charge in [0.15, 0.2) is 0 Å². The minimum absolute atomic E-state index is 0.642. The van der Waals surface area contributed by atoms with Crippen molar-refractivity contribution >= 4 is 15.9 Å². The van der Waals surface area contributed by atoms with Crippen LogP contribution in [0.5, 0.6) is 0 Å². The van der Waals surface area contributed by atoms with Crippen LogP contribution < -0.4 is 0 Å². The molecule has 0 spiro atoms. The Balaban J connectivity index is 2.57. The smallest absolute Gasteiger partial charge is 0.0596 e. The van der Waals surface area contributed by atoms with Crippen molar-refractivity contribution in [3.63, 3.8) is 0 Å².